The van der Waals surface area contributed by atoms with Crippen LogP contribution in [0.2, 0.25) is 0 Å². The molecule has 0 radical (unpaired) electrons. The lowest BCUT2D eigenvalue weighted by Crippen LogP contribution is -2.10. The predicted octanol–water partition coefficient (Wildman–Crippen LogP) is 4.93. The molecule has 0 saturated carbocycles. The molecule has 0 fully saturated rings. The number of para-hydroxylation sites is 1. The van der Waals surface area contributed by atoms with Crippen LogP contribution < -0.4 is 9.61 Å². The number of rotatable bonds is 8. The van der Waals surface area contributed by atoms with E-state index in [9.17, 15) is 18.5 Å². The van der Waals surface area contributed by atoms with Gasteiger partial charge in [-0.15, -0.1) is 11.3 Å². The summed E-state index contributed by atoms with van der Waals surface area (Å²) in [4.78, 5) is 14.8. The van der Waals surface area contributed by atoms with E-state index in [-0.39, 0.29) is 16.3 Å². The van der Waals surface area contributed by atoms with E-state index in [1.165, 1.54) is 47.9 Å². The van der Waals surface area contributed by atoms with Crippen LogP contribution in [0.5, 0.6) is 5.75 Å². The lowest BCUT2D eigenvalue weighted by molar-refractivity contribution is -0.384. The summed E-state index contributed by atoms with van der Waals surface area (Å²) in [6.45, 7) is 0. The molecule has 3 aromatic carbocycles. The number of nitrogens with one attached hydrogen (secondary N) is 1. The van der Waals surface area contributed by atoms with Crippen molar-refractivity contribution in [2.75, 3.05) is 5.43 Å². The largest absolute Gasteiger partial charge is 0.378 e. The Hall–Kier alpha value is -4.09. The highest BCUT2D eigenvalue weighted by atomic mass is 32.2. The molecule has 0 spiro atoms. The first-order valence-corrected chi connectivity index (χ1v) is 11.8. The Labute approximate surface area is 193 Å². The van der Waals surface area contributed by atoms with E-state index in [1.807, 2.05) is 0 Å². The number of nitro groups is 1. The fraction of sp³-hybridized carbons (Fsp3) is 0. The lowest BCUT2D eigenvalue weighted by Gasteiger charge is -2.09. The number of benzene rings is 3. The first-order valence-electron chi connectivity index (χ1n) is 9.50. The summed E-state index contributed by atoms with van der Waals surface area (Å²) in [6, 6.07) is 20.6. The van der Waals surface area contributed by atoms with Gasteiger partial charge in [0.25, 0.3) is 5.69 Å². The summed E-state index contributed by atoms with van der Waals surface area (Å²) in [5.74, 6) is 0.137. The molecule has 1 N–H and O–H groups in total. The minimum absolute atomic E-state index is 0.00657. The SMILES string of the molecule is O=[N+]([O-])c1ccc(-c2csc(N/N=C\c3ccccc3OS(=O)(=O)c3ccccc3)n2)cc1. The Morgan fingerprint density at radius 2 is 1.70 bits per heavy atom. The number of anilines is 1. The van der Waals surface area contributed by atoms with Gasteiger partial charge in [-0.05, 0) is 36.4 Å². The Morgan fingerprint density at radius 1 is 1.00 bits per heavy atom. The van der Waals surface area contributed by atoms with Crippen molar-refractivity contribution in [3.8, 4) is 17.0 Å². The van der Waals surface area contributed by atoms with Gasteiger partial charge in [0.05, 0.1) is 16.8 Å². The molecule has 11 heteroatoms. The molecule has 4 aromatic rings. The van der Waals surface area contributed by atoms with Gasteiger partial charge in [-0.3, -0.25) is 15.5 Å². The highest BCUT2D eigenvalue weighted by Crippen LogP contribution is 2.27. The average molecular weight is 481 g/mol. The van der Waals surface area contributed by atoms with E-state index < -0.39 is 15.0 Å². The molecule has 0 saturated heterocycles. The fourth-order valence-corrected chi connectivity index (χ4v) is 4.43. The zero-order valence-electron chi connectivity index (χ0n) is 16.9. The summed E-state index contributed by atoms with van der Waals surface area (Å²) in [5.41, 5.74) is 4.64. The standard InChI is InChI=1S/C22H16N4O5S2/c27-26(28)18-12-10-16(11-13-18)20-15-32-22(24-20)25-23-14-17-6-4-5-9-21(17)31-33(29,30)19-7-2-1-3-8-19/h1-15H,(H,24,25)/b23-14-. The molecule has 0 aliphatic heterocycles. The average Bonchev–Trinajstić information content (AvgIpc) is 3.29. The van der Waals surface area contributed by atoms with Crippen molar-refractivity contribution in [1.82, 2.24) is 4.98 Å². The normalized spacial score (nSPS) is 11.4. The summed E-state index contributed by atoms with van der Waals surface area (Å²) in [7, 11) is -3.98. The maximum Gasteiger partial charge on any atom is 0.339 e. The van der Waals surface area contributed by atoms with Crippen molar-refractivity contribution >= 4 is 38.5 Å². The highest BCUT2D eigenvalue weighted by Gasteiger charge is 2.17. The summed E-state index contributed by atoms with van der Waals surface area (Å²) < 4.78 is 30.3. The van der Waals surface area contributed by atoms with Gasteiger partial charge in [-0.1, -0.05) is 30.3 Å². The lowest BCUT2D eigenvalue weighted by atomic mass is 10.1. The predicted molar refractivity (Wildman–Crippen MR) is 126 cm³/mol. The van der Waals surface area contributed by atoms with E-state index in [2.05, 4.69) is 15.5 Å². The summed E-state index contributed by atoms with van der Waals surface area (Å²) >= 11 is 1.30. The Bertz CT molecular complexity index is 1400. The molecule has 0 aliphatic carbocycles. The fourth-order valence-electron chi connectivity index (χ4n) is 2.79. The number of hydrogen-bond donors (Lipinski definition) is 1. The third-order valence-electron chi connectivity index (χ3n) is 4.39. The quantitative estimate of drug-likeness (QED) is 0.164. The number of hydrogen-bond acceptors (Lipinski definition) is 9. The van der Waals surface area contributed by atoms with Crippen molar-refractivity contribution in [3.63, 3.8) is 0 Å². The Morgan fingerprint density at radius 3 is 2.42 bits per heavy atom. The van der Waals surface area contributed by atoms with Gasteiger partial charge in [0.2, 0.25) is 5.13 Å². The van der Waals surface area contributed by atoms with Gasteiger partial charge in [-0.25, -0.2) is 4.98 Å². The molecule has 1 heterocycles. The monoisotopic (exact) mass is 480 g/mol. The first-order chi connectivity index (χ1) is 15.9. The number of non-ortho nitro benzene ring substituents is 1. The minimum Gasteiger partial charge on any atom is -0.378 e. The van der Waals surface area contributed by atoms with Crippen LogP contribution in [0.3, 0.4) is 0 Å². The molecule has 1 aromatic heterocycles. The van der Waals surface area contributed by atoms with Gasteiger partial charge in [-0.2, -0.15) is 13.5 Å². The molecule has 0 atom stereocenters. The molecule has 9 nitrogen and oxygen atoms in total. The number of hydrazone groups is 1. The van der Waals surface area contributed by atoms with E-state index in [1.54, 1.807) is 53.9 Å². The highest BCUT2D eigenvalue weighted by molar-refractivity contribution is 7.87. The molecular weight excluding hydrogens is 464 g/mol. The van der Waals surface area contributed by atoms with Crippen LogP contribution in [0.1, 0.15) is 5.56 Å². The van der Waals surface area contributed by atoms with Crippen LogP contribution in [0.4, 0.5) is 10.8 Å². The number of nitrogens with zero attached hydrogens (tertiary/aromatic N) is 3. The summed E-state index contributed by atoms with van der Waals surface area (Å²) in [6.07, 6.45) is 1.43. The maximum absolute atomic E-state index is 12.5. The van der Waals surface area contributed by atoms with E-state index in [4.69, 9.17) is 4.18 Å². The van der Waals surface area contributed by atoms with Crippen LogP contribution in [-0.2, 0) is 10.1 Å². The molecule has 4 rings (SSSR count). The minimum atomic E-state index is -3.98. The third-order valence-corrected chi connectivity index (χ3v) is 6.39. The number of aromatic nitrogens is 1. The Balaban J connectivity index is 1.46. The van der Waals surface area contributed by atoms with Crippen LogP contribution >= 0.6 is 11.3 Å². The van der Waals surface area contributed by atoms with Crippen LogP contribution in [0.15, 0.2) is 94.2 Å². The van der Waals surface area contributed by atoms with Gasteiger partial charge in [0.1, 0.15) is 4.90 Å². The van der Waals surface area contributed by atoms with E-state index in [0.29, 0.717) is 16.4 Å². The van der Waals surface area contributed by atoms with Gasteiger partial charge < -0.3 is 4.18 Å². The molecule has 0 bridgehead atoms. The third kappa shape index (κ3) is 5.40. The van der Waals surface area contributed by atoms with Crippen molar-refractivity contribution in [1.29, 1.82) is 0 Å². The molecule has 0 aliphatic rings. The van der Waals surface area contributed by atoms with E-state index in [0.717, 1.165) is 5.56 Å². The zero-order chi connectivity index (χ0) is 23.3. The number of thiazole rings is 1. The van der Waals surface area contributed by atoms with Crippen molar-refractivity contribution < 1.29 is 17.5 Å². The van der Waals surface area contributed by atoms with Crippen LogP contribution in [0, 0.1) is 10.1 Å². The van der Waals surface area contributed by atoms with Crippen molar-refractivity contribution in [2.24, 2.45) is 5.10 Å². The topological polar surface area (TPSA) is 124 Å². The number of nitro benzene ring substituents is 1. The molecular formula is C22H16N4O5S2. The molecule has 0 amide bonds. The van der Waals surface area contributed by atoms with E-state index >= 15 is 0 Å². The molecule has 33 heavy (non-hydrogen) atoms. The summed E-state index contributed by atoms with van der Waals surface area (Å²) in [5, 5.41) is 17.2. The second kappa shape index (κ2) is 9.59. The molecule has 166 valence electrons. The van der Waals surface area contributed by atoms with Gasteiger partial charge in [0.15, 0.2) is 5.75 Å². The van der Waals surface area contributed by atoms with Crippen molar-refractivity contribution in [2.45, 2.75) is 4.90 Å². The van der Waals surface area contributed by atoms with Crippen molar-refractivity contribution in [3.05, 3.63) is 99.9 Å². The first kappa shape index (κ1) is 22.1. The van der Waals surface area contributed by atoms with Crippen LogP contribution in [-0.4, -0.2) is 24.5 Å². The smallest absolute Gasteiger partial charge is 0.339 e. The zero-order valence-corrected chi connectivity index (χ0v) is 18.5. The second-order valence-corrected chi connectivity index (χ2v) is 9.00. The Kier molecular flexibility index (Phi) is 6.43. The van der Waals surface area contributed by atoms with Gasteiger partial charge >= 0.3 is 10.1 Å². The second-order valence-electron chi connectivity index (χ2n) is 6.60. The molecule has 0 unspecified atom stereocenters. The van der Waals surface area contributed by atoms with Gasteiger partial charge in [0, 0.05) is 28.6 Å². The maximum atomic E-state index is 12.5. The van der Waals surface area contributed by atoms with Crippen LogP contribution in [0.25, 0.3) is 11.3 Å².